The van der Waals surface area contributed by atoms with Crippen LogP contribution in [0.3, 0.4) is 0 Å². The van der Waals surface area contributed by atoms with E-state index in [-0.39, 0.29) is 17.5 Å². The summed E-state index contributed by atoms with van der Waals surface area (Å²) in [7, 11) is 1.68. The van der Waals surface area contributed by atoms with E-state index >= 15 is 8.78 Å². The third-order valence-electron chi connectivity index (χ3n) is 9.12. The Morgan fingerprint density at radius 1 is 0.925 bits per heavy atom. The SMILES string of the molecule is C=CCCc1ccc(OC(F)(F)C2CCC(C3CCC(c4ccc(CC(C)COC)cc4F)CC3)CC2)cc1F. The predicted octanol–water partition coefficient (Wildman–Crippen LogP) is 9.66. The number of hydrogen-bond donors (Lipinski definition) is 0. The summed E-state index contributed by atoms with van der Waals surface area (Å²) < 4.78 is 69.6. The first kappa shape index (κ1) is 30.6. The van der Waals surface area contributed by atoms with Gasteiger partial charge in [-0.2, -0.15) is 8.78 Å². The van der Waals surface area contributed by atoms with Gasteiger partial charge in [-0.1, -0.05) is 31.2 Å². The van der Waals surface area contributed by atoms with Gasteiger partial charge in [-0.25, -0.2) is 8.78 Å². The number of hydrogen-bond acceptors (Lipinski definition) is 2. The molecule has 2 aliphatic rings. The normalized spacial score (nSPS) is 24.4. The minimum absolute atomic E-state index is 0.111. The van der Waals surface area contributed by atoms with Crippen LogP contribution in [0.15, 0.2) is 49.1 Å². The topological polar surface area (TPSA) is 18.5 Å². The molecule has 2 aromatic rings. The zero-order valence-electron chi connectivity index (χ0n) is 23.9. The number of ether oxygens (including phenoxy) is 2. The molecule has 6 heteroatoms. The summed E-state index contributed by atoms with van der Waals surface area (Å²) in [5.74, 6) is -0.154. The van der Waals surface area contributed by atoms with Crippen molar-refractivity contribution < 1.29 is 27.0 Å². The van der Waals surface area contributed by atoms with Crippen LogP contribution in [0.4, 0.5) is 17.6 Å². The van der Waals surface area contributed by atoms with Gasteiger partial charge in [0.1, 0.15) is 17.4 Å². The molecule has 0 aliphatic heterocycles. The summed E-state index contributed by atoms with van der Waals surface area (Å²) in [5, 5.41) is 0. The lowest BCUT2D eigenvalue weighted by molar-refractivity contribution is -0.224. The summed E-state index contributed by atoms with van der Waals surface area (Å²) in [4.78, 5) is 0. The second-order valence-electron chi connectivity index (χ2n) is 12.1. The van der Waals surface area contributed by atoms with Crippen LogP contribution in [-0.4, -0.2) is 19.8 Å². The number of aryl methyl sites for hydroxylation is 1. The van der Waals surface area contributed by atoms with Gasteiger partial charge in [0.15, 0.2) is 0 Å². The van der Waals surface area contributed by atoms with Crippen molar-refractivity contribution in [2.75, 3.05) is 13.7 Å². The first-order chi connectivity index (χ1) is 19.2. The fourth-order valence-corrected chi connectivity index (χ4v) is 6.90. The molecule has 2 nitrogen and oxygen atoms in total. The molecular weight excluding hydrogens is 516 g/mol. The first-order valence-corrected chi connectivity index (χ1v) is 14.9. The highest BCUT2D eigenvalue weighted by Crippen LogP contribution is 2.47. The maximum Gasteiger partial charge on any atom is 0.400 e. The number of rotatable bonds is 12. The second-order valence-corrected chi connectivity index (χ2v) is 12.1. The maximum absolute atomic E-state index is 15.0. The standard InChI is InChI=1S/C34H44F4O2/c1-4-5-6-28-14-17-30(21-32(28)35)40-34(37,38)29-15-12-26(13-16-29)25-8-10-27(11-9-25)31-18-7-24(20-33(31)36)19-23(2)22-39-3/h4,7,14,17-18,20-21,23,25-27,29H,1,5-6,8-13,15-16,19,22H2,2-3H3. The monoisotopic (exact) mass is 560 g/mol. The van der Waals surface area contributed by atoms with Gasteiger partial charge in [0, 0.05) is 19.8 Å². The molecule has 4 rings (SSSR count). The average molecular weight is 561 g/mol. The maximum atomic E-state index is 15.0. The van der Waals surface area contributed by atoms with Crippen LogP contribution < -0.4 is 4.74 Å². The Balaban J connectivity index is 1.25. The Morgan fingerprint density at radius 3 is 2.20 bits per heavy atom. The van der Waals surface area contributed by atoms with Gasteiger partial charge in [-0.3, -0.25) is 0 Å². The van der Waals surface area contributed by atoms with Gasteiger partial charge in [0.05, 0.1) is 5.92 Å². The van der Waals surface area contributed by atoms with Crippen molar-refractivity contribution in [1.29, 1.82) is 0 Å². The molecule has 2 fully saturated rings. The van der Waals surface area contributed by atoms with Gasteiger partial charge in [-0.05, 0) is 123 Å². The lowest BCUT2D eigenvalue weighted by atomic mass is 9.68. The molecule has 0 spiro atoms. The van der Waals surface area contributed by atoms with Crippen molar-refractivity contribution in [3.63, 3.8) is 0 Å². The van der Waals surface area contributed by atoms with Crippen molar-refractivity contribution in [3.05, 3.63) is 77.4 Å². The van der Waals surface area contributed by atoms with Gasteiger partial charge in [0.2, 0.25) is 0 Å². The quantitative estimate of drug-likeness (QED) is 0.190. The molecule has 2 saturated carbocycles. The summed E-state index contributed by atoms with van der Waals surface area (Å²) in [6.07, 6.45) is 6.45. The Labute approximate surface area is 237 Å². The number of benzene rings is 2. The minimum atomic E-state index is -3.33. The summed E-state index contributed by atoms with van der Waals surface area (Å²) in [6, 6.07) is 9.70. The molecule has 0 saturated heterocycles. The third kappa shape index (κ3) is 7.90. The van der Waals surface area contributed by atoms with Crippen LogP contribution in [0.1, 0.15) is 87.3 Å². The number of methoxy groups -OCH3 is 1. The van der Waals surface area contributed by atoms with Crippen molar-refractivity contribution in [2.24, 2.45) is 23.7 Å². The van der Waals surface area contributed by atoms with Crippen molar-refractivity contribution >= 4 is 0 Å². The lowest BCUT2D eigenvalue weighted by Gasteiger charge is -2.39. The lowest BCUT2D eigenvalue weighted by Crippen LogP contribution is -2.38. The number of alkyl halides is 2. The van der Waals surface area contributed by atoms with Gasteiger partial charge in [-0.15, -0.1) is 6.58 Å². The van der Waals surface area contributed by atoms with Gasteiger partial charge < -0.3 is 9.47 Å². The largest absolute Gasteiger partial charge is 0.432 e. The molecule has 40 heavy (non-hydrogen) atoms. The first-order valence-electron chi connectivity index (χ1n) is 14.9. The molecule has 0 N–H and O–H groups in total. The average Bonchev–Trinajstić information content (AvgIpc) is 2.93. The third-order valence-corrected chi connectivity index (χ3v) is 9.12. The number of allylic oxidation sites excluding steroid dienone is 1. The molecule has 0 bridgehead atoms. The molecule has 0 radical (unpaired) electrons. The van der Waals surface area contributed by atoms with E-state index in [0.29, 0.717) is 55.6 Å². The number of halogens is 4. The van der Waals surface area contributed by atoms with E-state index in [1.807, 2.05) is 12.1 Å². The smallest absolute Gasteiger partial charge is 0.400 e. The molecule has 1 atom stereocenters. The minimum Gasteiger partial charge on any atom is -0.432 e. The van der Waals surface area contributed by atoms with Crippen LogP contribution in [0.5, 0.6) is 5.75 Å². The van der Waals surface area contributed by atoms with Crippen molar-refractivity contribution in [1.82, 2.24) is 0 Å². The molecule has 1 unspecified atom stereocenters. The summed E-state index contributed by atoms with van der Waals surface area (Å²) >= 11 is 0. The van der Waals surface area contributed by atoms with E-state index < -0.39 is 17.8 Å². The molecule has 2 aromatic carbocycles. The van der Waals surface area contributed by atoms with Crippen LogP contribution in [0.2, 0.25) is 0 Å². The molecule has 0 aromatic heterocycles. The Hall–Kier alpha value is -2.34. The van der Waals surface area contributed by atoms with E-state index in [4.69, 9.17) is 9.47 Å². The Bertz CT molecular complexity index is 1100. The van der Waals surface area contributed by atoms with Gasteiger partial charge >= 0.3 is 6.11 Å². The fraction of sp³-hybridized carbons (Fsp3) is 0.588. The predicted molar refractivity (Wildman–Crippen MR) is 152 cm³/mol. The van der Waals surface area contributed by atoms with E-state index in [1.54, 1.807) is 19.3 Å². The van der Waals surface area contributed by atoms with E-state index in [2.05, 4.69) is 13.5 Å². The molecule has 220 valence electrons. The highest BCUT2D eigenvalue weighted by molar-refractivity contribution is 5.30. The molecular formula is C34H44F4O2. The Kier molecular flexibility index (Phi) is 10.7. The Morgan fingerprint density at radius 2 is 1.60 bits per heavy atom. The molecule has 2 aliphatic carbocycles. The van der Waals surface area contributed by atoms with Crippen molar-refractivity contribution in [3.8, 4) is 5.75 Å². The van der Waals surface area contributed by atoms with Crippen molar-refractivity contribution in [2.45, 2.75) is 89.6 Å². The zero-order valence-corrected chi connectivity index (χ0v) is 23.9. The summed E-state index contributed by atoms with van der Waals surface area (Å²) in [5.41, 5.74) is 2.29. The van der Waals surface area contributed by atoms with Crippen LogP contribution >= 0.6 is 0 Å². The highest BCUT2D eigenvalue weighted by Gasteiger charge is 2.45. The molecule has 0 heterocycles. The van der Waals surface area contributed by atoms with Crippen LogP contribution in [0, 0.1) is 35.3 Å². The summed E-state index contributed by atoms with van der Waals surface area (Å²) in [6.45, 7) is 6.39. The van der Waals surface area contributed by atoms with Crippen LogP contribution in [-0.2, 0) is 17.6 Å². The van der Waals surface area contributed by atoms with E-state index in [9.17, 15) is 8.78 Å². The zero-order chi connectivity index (χ0) is 28.7. The highest BCUT2D eigenvalue weighted by atomic mass is 19.3. The van der Waals surface area contributed by atoms with E-state index in [0.717, 1.165) is 62.1 Å². The van der Waals surface area contributed by atoms with Gasteiger partial charge in [0.25, 0.3) is 0 Å². The van der Waals surface area contributed by atoms with E-state index in [1.165, 1.54) is 12.1 Å². The van der Waals surface area contributed by atoms with Crippen LogP contribution in [0.25, 0.3) is 0 Å². The molecule has 0 amide bonds. The fourth-order valence-electron chi connectivity index (χ4n) is 6.90. The second kappa shape index (κ2) is 14.0.